The van der Waals surface area contributed by atoms with Crippen molar-refractivity contribution < 1.29 is 19.7 Å². The minimum Gasteiger partial charge on any atom is -0.493 e. The summed E-state index contributed by atoms with van der Waals surface area (Å²) in [6.45, 7) is 8.62. The van der Waals surface area contributed by atoms with Gasteiger partial charge < -0.3 is 30.4 Å². The molecule has 0 saturated heterocycles. The highest BCUT2D eigenvalue weighted by Gasteiger charge is 2.24. The third kappa shape index (κ3) is 7.53. The summed E-state index contributed by atoms with van der Waals surface area (Å²) < 4.78 is 11.6. The van der Waals surface area contributed by atoms with Crippen LogP contribution in [0.25, 0.3) is 0 Å². The first-order chi connectivity index (χ1) is 16.1. The molecule has 7 nitrogen and oxygen atoms in total. The fourth-order valence-corrected chi connectivity index (χ4v) is 3.59. The van der Waals surface area contributed by atoms with E-state index in [1.807, 2.05) is 30.3 Å². The summed E-state index contributed by atoms with van der Waals surface area (Å²) >= 11 is 5.73. The number of nitrogens with zero attached hydrogens (tertiary/aromatic N) is 1. The van der Waals surface area contributed by atoms with Crippen LogP contribution < -0.4 is 21.1 Å². The Morgan fingerprint density at radius 1 is 1.12 bits per heavy atom. The first-order valence-electron chi connectivity index (χ1n) is 11.4. The maximum Gasteiger partial charge on any atom is 0.122 e. The highest BCUT2D eigenvalue weighted by molar-refractivity contribution is 6.17. The number of nitrogens with two attached hydrogens (primary N) is 2. The first-order valence-corrected chi connectivity index (χ1v) is 11.9. The van der Waals surface area contributed by atoms with Crippen molar-refractivity contribution in [1.29, 1.82) is 0 Å². The monoisotopic (exact) mass is 491 g/mol. The van der Waals surface area contributed by atoms with Gasteiger partial charge in [0.25, 0.3) is 0 Å². The zero-order valence-electron chi connectivity index (χ0n) is 20.6. The molecule has 0 spiro atoms. The second-order valence-electron chi connectivity index (χ2n) is 8.91. The Morgan fingerprint density at radius 3 is 2.35 bits per heavy atom. The lowest BCUT2D eigenvalue weighted by atomic mass is 9.77. The molecule has 0 aliphatic rings. The number of ether oxygens (including phenoxy) is 2. The lowest BCUT2D eigenvalue weighted by molar-refractivity contribution is 0.0779. The number of rotatable bonds is 13. The van der Waals surface area contributed by atoms with Gasteiger partial charge in [0, 0.05) is 17.0 Å². The molecule has 0 aliphatic heterocycles. The maximum absolute atomic E-state index is 10.2. The van der Waals surface area contributed by atoms with Crippen LogP contribution in [0.2, 0.25) is 0 Å². The van der Waals surface area contributed by atoms with Crippen LogP contribution in [0.4, 0.5) is 0 Å². The Hall–Kier alpha value is -2.45. The number of allylic oxidation sites excluding steroid dienone is 1. The standard InChI is InChI=1S/C26H38ClN3O4/c1-18-14-21(8-11-25(18)33-13-5-12-27)26(3,4)20-6-9-23(10-7-20)34-17-22(32)15-30(29)19(2)24(28)16-31/h6-11,14,22,31-32H,5,12-13,15-17,28-29H2,1-4H3/b24-19-/t22-/m1/s1. The van der Waals surface area contributed by atoms with E-state index in [1.54, 1.807) is 6.92 Å². The zero-order chi connectivity index (χ0) is 25.3. The Labute approximate surface area is 207 Å². The minimum atomic E-state index is -0.823. The number of aryl methyl sites for hydroxylation is 1. The van der Waals surface area contributed by atoms with Crippen LogP contribution in [-0.2, 0) is 5.41 Å². The molecular formula is C26H38ClN3O4. The van der Waals surface area contributed by atoms with Gasteiger partial charge in [0.1, 0.15) is 24.2 Å². The van der Waals surface area contributed by atoms with Gasteiger partial charge in [-0.05, 0) is 55.2 Å². The molecule has 0 heterocycles. The molecule has 2 aromatic rings. The smallest absolute Gasteiger partial charge is 0.122 e. The molecule has 188 valence electrons. The lowest BCUT2D eigenvalue weighted by Crippen LogP contribution is -2.40. The highest BCUT2D eigenvalue weighted by atomic mass is 35.5. The Bertz CT molecular complexity index is 948. The van der Waals surface area contributed by atoms with Crippen LogP contribution in [0.1, 0.15) is 43.9 Å². The van der Waals surface area contributed by atoms with Crippen molar-refractivity contribution in [2.75, 3.05) is 32.2 Å². The summed E-state index contributed by atoms with van der Waals surface area (Å²) in [7, 11) is 0. The SMILES string of the molecule is C/C(=C(/N)CO)N(N)C[C@@H](O)COc1ccc(C(C)(C)c2ccc(OCCCCl)c(C)c2)cc1. The third-order valence-electron chi connectivity index (χ3n) is 5.92. The number of halogens is 1. The molecule has 0 saturated carbocycles. The largest absolute Gasteiger partial charge is 0.493 e. The summed E-state index contributed by atoms with van der Waals surface area (Å²) in [6.07, 6.45) is -0.00477. The molecule has 8 heteroatoms. The van der Waals surface area contributed by atoms with Gasteiger partial charge in [0.2, 0.25) is 0 Å². The van der Waals surface area contributed by atoms with Gasteiger partial charge in [-0.25, -0.2) is 5.84 Å². The van der Waals surface area contributed by atoms with E-state index in [4.69, 9.17) is 37.8 Å². The summed E-state index contributed by atoms with van der Waals surface area (Å²) in [6, 6.07) is 14.1. The summed E-state index contributed by atoms with van der Waals surface area (Å²) in [5.74, 6) is 8.02. The number of alkyl halides is 1. The molecule has 0 aliphatic carbocycles. The number of benzene rings is 2. The van der Waals surface area contributed by atoms with Crippen LogP contribution in [0.15, 0.2) is 53.9 Å². The molecule has 2 rings (SSSR count). The van der Waals surface area contributed by atoms with Gasteiger partial charge in [-0.15, -0.1) is 11.6 Å². The Morgan fingerprint density at radius 2 is 1.76 bits per heavy atom. The van der Waals surface area contributed by atoms with E-state index < -0.39 is 6.10 Å². The number of hydrazine groups is 1. The molecule has 6 N–H and O–H groups in total. The van der Waals surface area contributed by atoms with Crippen LogP contribution >= 0.6 is 11.6 Å². The van der Waals surface area contributed by atoms with Gasteiger partial charge in [0.05, 0.1) is 25.5 Å². The lowest BCUT2D eigenvalue weighted by Gasteiger charge is -2.27. The first kappa shape index (κ1) is 27.8. The van der Waals surface area contributed by atoms with Crippen molar-refractivity contribution in [3.8, 4) is 11.5 Å². The Balaban J connectivity index is 1.99. The molecule has 0 fully saturated rings. The average Bonchev–Trinajstić information content (AvgIpc) is 2.83. The molecule has 34 heavy (non-hydrogen) atoms. The van der Waals surface area contributed by atoms with Gasteiger partial charge >= 0.3 is 0 Å². The quantitative estimate of drug-likeness (QED) is 0.147. The molecule has 0 aromatic heterocycles. The fraction of sp³-hybridized carbons (Fsp3) is 0.462. The number of hydrogen-bond acceptors (Lipinski definition) is 7. The van der Waals surface area contributed by atoms with Gasteiger partial charge in [-0.2, -0.15) is 0 Å². The molecule has 1 atom stereocenters. The van der Waals surface area contributed by atoms with E-state index in [-0.39, 0.29) is 30.9 Å². The second kappa shape index (κ2) is 12.9. The van der Waals surface area contributed by atoms with Gasteiger partial charge in [-0.3, -0.25) is 0 Å². The topological polar surface area (TPSA) is 114 Å². The summed E-state index contributed by atoms with van der Waals surface area (Å²) in [5, 5.41) is 20.6. The summed E-state index contributed by atoms with van der Waals surface area (Å²) in [5.41, 5.74) is 9.66. The number of aliphatic hydroxyl groups excluding tert-OH is 2. The fourth-order valence-electron chi connectivity index (χ4n) is 3.48. The predicted molar refractivity (Wildman–Crippen MR) is 137 cm³/mol. The van der Waals surface area contributed by atoms with Crippen LogP contribution in [0.3, 0.4) is 0 Å². The molecule has 0 radical (unpaired) electrons. The summed E-state index contributed by atoms with van der Waals surface area (Å²) in [4.78, 5) is 0. The molecule has 0 unspecified atom stereocenters. The minimum absolute atomic E-state index is 0.0765. The Kier molecular flexibility index (Phi) is 10.5. The maximum atomic E-state index is 10.2. The van der Waals surface area contributed by atoms with E-state index in [1.165, 1.54) is 10.6 Å². The normalized spacial score (nSPS) is 13.3. The second-order valence-corrected chi connectivity index (χ2v) is 9.28. The van der Waals surface area contributed by atoms with E-state index >= 15 is 0 Å². The third-order valence-corrected chi connectivity index (χ3v) is 6.19. The van der Waals surface area contributed by atoms with Crippen LogP contribution in [0, 0.1) is 6.92 Å². The van der Waals surface area contributed by atoms with E-state index in [0.717, 1.165) is 23.3 Å². The van der Waals surface area contributed by atoms with Crippen molar-refractivity contribution in [2.45, 2.75) is 45.6 Å². The number of hydrogen-bond donors (Lipinski definition) is 4. The van der Waals surface area contributed by atoms with Crippen LogP contribution in [0.5, 0.6) is 11.5 Å². The molecule has 0 bridgehead atoms. The van der Waals surface area contributed by atoms with Crippen molar-refractivity contribution >= 4 is 11.6 Å². The van der Waals surface area contributed by atoms with E-state index in [0.29, 0.717) is 23.9 Å². The average molecular weight is 492 g/mol. The van der Waals surface area contributed by atoms with E-state index in [2.05, 4.69) is 32.9 Å². The predicted octanol–water partition coefficient (Wildman–Crippen LogP) is 3.43. The van der Waals surface area contributed by atoms with Crippen molar-refractivity contribution in [2.24, 2.45) is 11.6 Å². The van der Waals surface area contributed by atoms with Crippen molar-refractivity contribution in [3.05, 3.63) is 70.5 Å². The van der Waals surface area contributed by atoms with Gasteiger partial charge in [-0.1, -0.05) is 38.1 Å². The van der Waals surface area contributed by atoms with Gasteiger partial charge in [0.15, 0.2) is 0 Å². The zero-order valence-corrected chi connectivity index (χ0v) is 21.3. The molecule has 2 aromatic carbocycles. The molecular weight excluding hydrogens is 454 g/mol. The van der Waals surface area contributed by atoms with E-state index in [9.17, 15) is 5.11 Å². The van der Waals surface area contributed by atoms with Crippen LogP contribution in [-0.4, -0.2) is 53.6 Å². The van der Waals surface area contributed by atoms with Crippen molar-refractivity contribution in [3.63, 3.8) is 0 Å². The van der Waals surface area contributed by atoms with Crippen molar-refractivity contribution in [1.82, 2.24) is 5.01 Å². The number of aliphatic hydroxyl groups is 2. The highest BCUT2D eigenvalue weighted by Crippen LogP contribution is 2.34. The molecule has 0 amide bonds.